The minimum atomic E-state index is 0.348. The van der Waals surface area contributed by atoms with Gasteiger partial charge in [0.2, 0.25) is 0 Å². The maximum atomic E-state index is 6.74. The molecule has 0 aliphatic carbocycles. The van der Waals surface area contributed by atoms with Crippen LogP contribution in [-0.2, 0) is 0 Å². The molecule has 1 N–H and O–H groups in total. The lowest BCUT2D eigenvalue weighted by Crippen LogP contribution is -1.88. The highest BCUT2D eigenvalue weighted by Crippen LogP contribution is 1.99. The zero-order chi connectivity index (χ0) is 6.69. The zero-order valence-corrected chi connectivity index (χ0v) is 5.26. The summed E-state index contributed by atoms with van der Waals surface area (Å²) in [5.41, 5.74) is 0.513. The summed E-state index contributed by atoms with van der Waals surface area (Å²) in [7, 11) is 0. The topological polar surface area (TPSA) is 49.6 Å². The van der Waals surface area contributed by atoms with Gasteiger partial charge in [-0.15, -0.1) is 10.2 Å². The Bertz CT molecular complexity index is 206. The first-order valence-electron chi connectivity index (χ1n) is 2.32. The van der Waals surface area contributed by atoms with E-state index in [2.05, 4.69) is 10.2 Å². The molecule has 0 aromatic carbocycles. The van der Waals surface area contributed by atoms with Gasteiger partial charge in [0.1, 0.15) is 5.69 Å². The summed E-state index contributed by atoms with van der Waals surface area (Å²) in [5, 5.41) is 14.2. The molecular weight excluding hydrogens is 138 g/mol. The number of rotatable bonds is 1. The summed E-state index contributed by atoms with van der Waals surface area (Å²) < 4.78 is 0. The number of hydrogen-bond donors (Lipinski definition) is 1. The minimum Gasteiger partial charge on any atom is -0.306 e. The van der Waals surface area contributed by atoms with Gasteiger partial charge in [0.05, 0.1) is 0 Å². The van der Waals surface area contributed by atoms with Crippen molar-refractivity contribution in [3.8, 4) is 0 Å². The molecule has 0 spiro atoms. The molecule has 1 aromatic rings. The molecule has 0 fully saturated rings. The van der Waals surface area contributed by atoms with Gasteiger partial charge >= 0.3 is 0 Å². The average Bonchev–Trinajstić information content (AvgIpc) is 1.90. The van der Waals surface area contributed by atoms with Gasteiger partial charge in [0, 0.05) is 6.21 Å². The summed E-state index contributed by atoms with van der Waals surface area (Å²) in [4.78, 5) is 0. The van der Waals surface area contributed by atoms with Crippen LogP contribution in [0.15, 0.2) is 12.1 Å². The Kier molecular flexibility index (Phi) is 1.75. The summed E-state index contributed by atoms with van der Waals surface area (Å²) >= 11 is 5.42. The highest BCUT2D eigenvalue weighted by molar-refractivity contribution is 6.29. The van der Waals surface area contributed by atoms with Crippen LogP contribution in [0, 0.1) is 5.41 Å². The van der Waals surface area contributed by atoms with Crippen LogP contribution >= 0.6 is 11.6 Å². The first-order chi connectivity index (χ1) is 4.33. The highest BCUT2D eigenvalue weighted by Gasteiger charge is 1.88. The van der Waals surface area contributed by atoms with E-state index in [-0.39, 0.29) is 0 Å². The second-order valence-corrected chi connectivity index (χ2v) is 1.81. The van der Waals surface area contributed by atoms with Crippen LogP contribution in [0.1, 0.15) is 5.69 Å². The lowest BCUT2D eigenvalue weighted by molar-refractivity contribution is 1.02. The second-order valence-electron chi connectivity index (χ2n) is 1.43. The lowest BCUT2D eigenvalue weighted by atomic mass is 10.4. The van der Waals surface area contributed by atoms with E-state index in [0.29, 0.717) is 10.8 Å². The van der Waals surface area contributed by atoms with Crippen LogP contribution < -0.4 is 0 Å². The van der Waals surface area contributed by atoms with E-state index in [0.717, 1.165) is 6.21 Å². The number of nitrogens with zero attached hydrogens (tertiary/aromatic N) is 2. The highest BCUT2D eigenvalue weighted by atomic mass is 35.5. The van der Waals surface area contributed by atoms with Gasteiger partial charge in [-0.25, -0.2) is 0 Å². The predicted molar refractivity (Wildman–Crippen MR) is 34.9 cm³/mol. The Hall–Kier alpha value is -0.960. The molecule has 0 saturated carbocycles. The third-order valence-corrected chi connectivity index (χ3v) is 1.00. The van der Waals surface area contributed by atoms with E-state index < -0.39 is 0 Å². The smallest absolute Gasteiger partial charge is 0.151 e. The molecular formula is C5H4ClN3. The summed E-state index contributed by atoms with van der Waals surface area (Å²) in [6.45, 7) is 0. The fourth-order valence-electron chi connectivity index (χ4n) is 0.403. The van der Waals surface area contributed by atoms with Crippen LogP contribution in [0.25, 0.3) is 0 Å². The largest absolute Gasteiger partial charge is 0.306 e. The molecule has 0 amide bonds. The van der Waals surface area contributed by atoms with Crippen molar-refractivity contribution < 1.29 is 0 Å². The SMILES string of the molecule is N=Cc1ccc(Cl)nn1. The van der Waals surface area contributed by atoms with E-state index in [1.54, 1.807) is 12.1 Å². The molecule has 0 atom stereocenters. The van der Waals surface area contributed by atoms with Crippen molar-refractivity contribution in [2.45, 2.75) is 0 Å². The third-order valence-electron chi connectivity index (χ3n) is 0.801. The molecule has 9 heavy (non-hydrogen) atoms. The molecule has 0 bridgehead atoms. The zero-order valence-electron chi connectivity index (χ0n) is 4.50. The first-order valence-corrected chi connectivity index (χ1v) is 2.70. The minimum absolute atomic E-state index is 0.348. The standard InChI is InChI=1S/C5H4ClN3/c6-5-2-1-4(3-7)8-9-5/h1-3,7H. The summed E-state index contributed by atoms with van der Waals surface area (Å²) in [5.74, 6) is 0. The van der Waals surface area contributed by atoms with Crippen molar-refractivity contribution in [1.82, 2.24) is 10.2 Å². The van der Waals surface area contributed by atoms with Crippen molar-refractivity contribution in [3.05, 3.63) is 23.0 Å². The molecule has 3 nitrogen and oxygen atoms in total. The van der Waals surface area contributed by atoms with Crippen molar-refractivity contribution in [3.63, 3.8) is 0 Å². The lowest BCUT2D eigenvalue weighted by Gasteiger charge is -1.86. The van der Waals surface area contributed by atoms with E-state index >= 15 is 0 Å². The van der Waals surface area contributed by atoms with Crippen molar-refractivity contribution in [2.75, 3.05) is 0 Å². The van der Waals surface area contributed by atoms with Crippen molar-refractivity contribution in [2.24, 2.45) is 0 Å². The van der Waals surface area contributed by atoms with Gasteiger partial charge in [0.15, 0.2) is 5.15 Å². The van der Waals surface area contributed by atoms with E-state index in [1.807, 2.05) is 0 Å². The van der Waals surface area contributed by atoms with Crippen LogP contribution in [0.5, 0.6) is 0 Å². The van der Waals surface area contributed by atoms with Crippen LogP contribution in [0.2, 0.25) is 5.15 Å². The number of halogens is 1. The van der Waals surface area contributed by atoms with Gasteiger partial charge in [-0.05, 0) is 12.1 Å². The van der Waals surface area contributed by atoms with E-state index in [1.165, 1.54) is 0 Å². The number of aromatic nitrogens is 2. The molecule has 0 aliphatic heterocycles. The van der Waals surface area contributed by atoms with E-state index in [4.69, 9.17) is 17.0 Å². The van der Waals surface area contributed by atoms with Crippen LogP contribution in [0.3, 0.4) is 0 Å². The molecule has 0 radical (unpaired) electrons. The van der Waals surface area contributed by atoms with Crippen LogP contribution in [0.4, 0.5) is 0 Å². The van der Waals surface area contributed by atoms with Crippen LogP contribution in [-0.4, -0.2) is 16.4 Å². The normalized spacial score (nSPS) is 9.00. The molecule has 0 aliphatic rings. The summed E-state index contributed by atoms with van der Waals surface area (Å²) in [6, 6.07) is 3.22. The molecule has 46 valence electrons. The Morgan fingerprint density at radius 2 is 2.22 bits per heavy atom. The van der Waals surface area contributed by atoms with Gasteiger partial charge in [-0.2, -0.15) is 0 Å². The van der Waals surface area contributed by atoms with Gasteiger partial charge in [0.25, 0.3) is 0 Å². The first kappa shape index (κ1) is 6.16. The molecule has 1 aromatic heterocycles. The van der Waals surface area contributed by atoms with E-state index in [9.17, 15) is 0 Å². The molecule has 0 saturated heterocycles. The second kappa shape index (κ2) is 2.55. The Morgan fingerprint density at radius 3 is 2.67 bits per heavy atom. The molecule has 1 rings (SSSR count). The Labute approximate surface area is 57.2 Å². The maximum absolute atomic E-state index is 6.74. The van der Waals surface area contributed by atoms with Gasteiger partial charge < -0.3 is 5.41 Å². The predicted octanol–water partition coefficient (Wildman–Crippen LogP) is 1.13. The van der Waals surface area contributed by atoms with Crippen molar-refractivity contribution in [1.29, 1.82) is 5.41 Å². The Morgan fingerprint density at radius 1 is 1.44 bits per heavy atom. The van der Waals surface area contributed by atoms with Gasteiger partial charge in [-0.1, -0.05) is 11.6 Å². The molecule has 4 heteroatoms. The monoisotopic (exact) mass is 141 g/mol. The summed E-state index contributed by atoms with van der Waals surface area (Å²) in [6.07, 6.45) is 1.11. The fourth-order valence-corrected chi connectivity index (χ4v) is 0.504. The number of nitrogens with one attached hydrogen (secondary N) is 1. The third kappa shape index (κ3) is 1.47. The average molecular weight is 142 g/mol. The maximum Gasteiger partial charge on any atom is 0.151 e. The Balaban J connectivity index is 3.01. The van der Waals surface area contributed by atoms with Crippen molar-refractivity contribution >= 4 is 17.8 Å². The molecule has 0 unspecified atom stereocenters. The fraction of sp³-hybridized carbons (Fsp3) is 0. The van der Waals surface area contributed by atoms with Gasteiger partial charge in [-0.3, -0.25) is 0 Å². The quantitative estimate of drug-likeness (QED) is 0.596. The number of hydrogen-bond acceptors (Lipinski definition) is 3. The molecule has 1 heterocycles.